The van der Waals surface area contributed by atoms with Gasteiger partial charge in [-0.25, -0.2) is 0 Å². The molecular weight excluding hydrogens is 508 g/mol. The summed E-state index contributed by atoms with van der Waals surface area (Å²) in [6.45, 7) is 3.21. The Balaban J connectivity index is 0.000000280. The molecule has 4 aromatic rings. The molecule has 2 heterocycles. The summed E-state index contributed by atoms with van der Waals surface area (Å²) in [4.78, 5) is 7.57. The van der Waals surface area contributed by atoms with Crippen LogP contribution in [0, 0.1) is 13.8 Å². The van der Waals surface area contributed by atoms with Crippen LogP contribution in [0.15, 0.2) is 97.0 Å². The maximum absolute atomic E-state index is 7.86. The average molecular weight is 545 g/mol. The summed E-state index contributed by atoms with van der Waals surface area (Å²) in [5, 5.41) is 0. The van der Waals surface area contributed by atoms with Crippen LogP contribution in [-0.4, -0.2) is 9.97 Å². The Bertz CT molecular complexity index is 1430. The molecule has 0 aliphatic heterocycles. The quantitative estimate of drug-likeness (QED) is 0.304. The fraction of sp³-hybridized carbons (Fsp3) is 0.0833. The predicted molar refractivity (Wildman–Crippen MR) is 109 cm³/mol. The van der Waals surface area contributed by atoms with E-state index >= 15 is 0 Å². The zero-order valence-electron chi connectivity index (χ0n) is 28.4. The first-order valence-electron chi connectivity index (χ1n) is 14.5. The molecule has 0 aliphatic rings. The van der Waals surface area contributed by atoms with Gasteiger partial charge in [-0.1, -0.05) is 59.5 Å². The molecule has 3 heteroatoms. The van der Waals surface area contributed by atoms with E-state index in [9.17, 15) is 0 Å². The molecular formula is C24H22IrN2+3. The molecule has 0 spiro atoms. The minimum atomic E-state index is -0.445. The van der Waals surface area contributed by atoms with Gasteiger partial charge in [-0.05, 0) is 50.1 Å². The number of hydrogen-bond donors (Lipinski definition) is 0. The molecule has 0 saturated carbocycles. The largest absolute Gasteiger partial charge is 3.00 e. The van der Waals surface area contributed by atoms with Gasteiger partial charge in [0, 0.05) is 23.5 Å². The summed E-state index contributed by atoms with van der Waals surface area (Å²) in [7, 11) is 0. The van der Waals surface area contributed by atoms with E-state index < -0.39 is 36.5 Å². The molecule has 134 valence electrons. The first-order chi connectivity index (χ1) is 18.5. The number of aromatic nitrogens is 2. The summed E-state index contributed by atoms with van der Waals surface area (Å²) in [6, 6.07) is -0.782. The number of rotatable bonds is 2. The van der Waals surface area contributed by atoms with Crippen molar-refractivity contribution in [3.63, 3.8) is 0 Å². The summed E-state index contributed by atoms with van der Waals surface area (Å²) in [5.41, 5.74) is 1.03. The van der Waals surface area contributed by atoms with Crippen molar-refractivity contribution in [2.24, 2.45) is 0 Å². The van der Waals surface area contributed by atoms with Crippen molar-refractivity contribution in [3.05, 3.63) is 108 Å². The summed E-state index contributed by atoms with van der Waals surface area (Å²) < 4.78 is 107. The first kappa shape index (κ1) is 8.60. The third-order valence-corrected chi connectivity index (χ3v) is 3.08. The van der Waals surface area contributed by atoms with Gasteiger partial charge in [-0.15, -0.1) is 0 Å². The predicted octanol–water partition coefficient (Wildman–Crippen LogP) is 6.11. The molecule has 4 rings (SSSR count). The number of benzene rings is 2. The molecule has 0 saturated heterocycles. The monoisotopic (exact) mass is 545 g/mol. The number of nitrogens with zero attached hydrogens (tertiary/aromatic N) is 2. The molecule has 27 heavy (non-hydrogen) atoms. The van der Waals surface area contributed by atoms with E-state index in [-0.39, 0.29) is 91.0 Å². The molecule has 2 aromatic heterocycles. The number of aryl methyl sites for hydroxylation is 2. The molecule has 0 bridgehead atoms. The second-order valence-corrected chi connectivity index (χ2v) is 5.13. The molecule has 0 atom stereocenters. The average Bonchev–Trinajstić information content (AvgIpc) is 2.92. The standard InChI is InChI=1S/2C12H11N.Ir/c2*1-10-5-4-6-11(9-10)12-7-2-3-8-13-12;/h2*2-9H,1H3;/q;;+3/i2*2D,3D,4D,5D,6D,7D,8D;. The molecule has 0 aliphatic carbocycles. The normalized spacial score (nSPS) is 16.8. The Morgan fingerprint density at radius 2 is 1.04 bits per heavy atom. The first-order valence-corrected chi connectivity index (χ1v) is 7.55. The van der Waals surface area contributed by atoms with E-state index in [1.54, 1.807) is 13.8 Å². The topological polar surface area (TPSA) is 25.8 Å². The Labute approximate surface area is 194 Å². The molecule has 0 amide bonds. The van der Waals surface area contributed by atoms with Crippen molar-refractivity contribution in [1.82, 2.24) is 9.97 Å². The Kier molecular flexibility index (Phi) is 3.35. The van der Waals surface area contributed by atoms with E-state index in [0.29, 0.717) is 11.1 Å². The molecule has 0 N–H and O–H groups in total. The van der Waals surface area contributed by atoms with Gasteiger partial charge in [0.2, 0.25) is 0 Å². The van der Waals surface area contributed by atoms with Crippen LogP contribution in [0.1, 0.15) is 30.3 Å². The fourth-order valence-corrected chi connectivity index (χ4v) is 1.94. The third-order valence-electron chi connectivity index (χ3n) is 3.08. The number of hydrogen-bond acceptors (Lipinski definition) is 2. The molecule has 2 nitrogen and oxygen atoms in total. The summed E-state index contributed by atoms with van der Waals surface area (Å²) in [6.07, 6.45) is -0.890. The van der Waals surface area contributed by atoms with Crippen molar-refractivity contribution >= 4 is 0 Å². The van der Waals surface area contributed by atoms with Crippen molar-refractivity contribution < 1.29 is 39.3 Å². The fourth-order valence-electron chi connectivity index (χ4n) is 1.94. The van der Waals surface area contributed by atoms with Gasteiger partial charge >= 0.3 is 20.1 Å². The van der Waals surface area contributed by atoms with Crippen LogP contribution < -0.4 is 0 Å². The van der Waals surface area contributed by atoms with Gasteiger partial charge in [0.15, 0.2) is 0 Å². The summed E-state index contributed by atoms with van der Waals surface area (Å²) in [5.74, 6) is 0. The van der Waals surface area contributed by atoms with Crippen molar-refractivity contribution in [3.8, 4) is 22.5 Å². The van der Waals surface area contributed by atoms with Gasteiger partial charge in [-0.2, -0.15) is 0 Å². The van der Waals surface area contributed by atoms with Crippen molar-refractivity contribution in [1.29, 1.82) is 0 Å². The van der Waals surface area contributed by atoms with Crippen LogP contribution in [0.4, 0.5) is 0 Å². The summed E-state index contributed by atoms with van der Waals surface area (Å²) >= 11 is 0. The maximum atomic E-state index is 7.86. The van der Waals surface area contributed by atoms with Gasteiger partial charge < -0.3 is 0 Å². The van der Waals surface area contributed by atoms with Crippen molar-refractivity contribution in [2.45, 2.75) is 13.8 Å². The van der Waals surface area contributed by atoms with Crippen LogP contribution in [-0.2, 0) is 20.1 Å². The van der Waals surface area contributed by atoms with Crippen LogP contribution >= 0.6 is 0 Å². The van der Waals surface area contributed by atoms with E-state index in [4.69, 9.17) is 19.2 Å². The van der Waals surface area contributed by atoms with E-state index in [0.717, 1.165) is 0 Å². The van der Waals surface area contributed by atoms with E-state index in [1.807, 2.05) is 0 Å². The van der Waals surface area contributed by atoms with Gasteiger partial charge in [0.05, 0.1) is 30.6 Å². The van der Waals surface area contributed by atoms with Gasteiger partial charge in [0.1, 0.15) is 0 Å². The molecule has 0 fully saturated rings. The van der Waals surface area contributed by atoms with Gasteiger partial charge in [0.25, 0.3) is 0 Å². The van der Waals surface area contributed by atoms with E-state index in [1.165, 1.54) is 12.1 Å². The second-order valence-electron chi connectivity index (χ2n) is 5.13. The Morgan fingerprint density at radius 3 is 1.48 bits per heavy atom. The minimum absolute atomic E-state index is 0. The number of pyridine rings is 2. The Morgan fingerprint density at radius 1 is 0.593 bits per heavy atom. The van der Waals surface area contributed by atoms with Crippen LogP contribution in [0.3, 0.4) is 0 Å². The third kappa shape index (κ3) is 6.25. The molecule has 0 radical (unpaired) electrons. The zero-order chi connectivity index (χ0) is 30.4. The SMILES string of the molecule is [2H]c1nc(-c2cc(C)c([2H])c([2H])c2[2H])c([2H])c([2H])c1[2H].[2H]c1nc(-c2cc(C)c([2H])c([2H])c2[2H])c([2H])c([2H])c1[2H].[Ir+3]. The smallest absolute Gasteiger partial charge is 0.256 e. The van der Waals surface area contributed by atoms with E-state index in [2.05, 4.69) is 9.97 Å². The van der Waals surface area contributed by atoms with Crippen LogP contribution in [0.5, 0.6) is 0 Å². The second kappa shape index (κ2) is 10.5. The Hall–Kier alpha value is -2.61. The molecule has 0 unspecified atom stereocenters. The minimum Gasteiger partial charge on any atom is -0.256 e. The van der Waals surface area contributed by atoms with Crippen molar-refractivity contribution in [2.75, 3.05) is 0 Å². The zero-order valence-corrected chi connectivity index (χ0v) is 16.8. The van der Waals surface area contributed by atoms with Crippen LogP contribution in [0.2, 0.25) is 0 Å². The van der Waals surface area contributed by atoms with Crippen LogP contribution in [0.25, 0.3) is 22.5 Å². The maximum Gasteiger partial charge on any atom is 3.00 e. The molecule has 2 aromatic carbocycles. The van der Waals surface area contributed by atoms with Gasteiger partial charge in [-0.3, -0.25) is 9.97 Å².